The van der Waals surface area contributed by atoms with Crippen LogP contribution in [0.5, 0.6) is 0 Å². The monoisotopic (exact) mass is 457 g/mol. The van der Waals surface area contributed by atoms with Gasteiger partial charge in [0.15, 0.2) is 0 Å². The Kier molecular flexibility index (Phi) is 8.95. The van der Waals surface area contributed by atoms with Gasteiger partial charge in [0.2, 0.25) is 0 Å². The molecule has 0 atom stereocenters. The first-order chi connectivity index (χ1) is 15.2. The average Bonchev–Trinajstić information content (AvgIpc) is 2.81. The third-order valence-electron chi connectivity index (χ3n) is 4.93. The molecule has 31 heavy (non-hydrogen) atoms. The van der Waals surface area contributed by atoms with Gasteiger partial charge in [0.25, 0.3) is 0 Å². The summed E-state index contributed by atoms with van der Waals surface area (Å²) in [6.07, 6.45) is 3.86. The van der Waals surface area contributed by atoms with Crippen LogP contribution in [0.1, 0.15) is 32.3 Å². The van der Waals surface area contributed by atoms with Gasteiger partial charge in [0.1, 0.15) is 11.6 Å². The smallest absolute Gasteiger partial charge is 0.126 e. The molecule has 0 aliphatic carbocycles. The van der Waals surface area contributed by atoms with Crippen molar-refractivity contribution in [2.75, 3.05) is 23.7 Å². The molecule has 0 spiro atoms. The van der Waals surface area contributed by atoms with E-state index in [1.165, 1.54) is 0 Å². The highest BCUT2D eigenvalue weighted by molar-refractivity contribution is 6.33. The van der Waals surface area contributed by atoms with Gasteiger partial charge in [-0.1, -0.05) is 55.2 Å². The number of hydrogen-bond acceptors (Lipinski definition) is 5. The minimum absolute atomic E-state index is 0.427. The fraction of sp³-hybridized carbons (Fsp3) is 0.333. The number of nitrogens with zero attached hydrogens (tertiary/aromatic N) is 2. The number of piperidine rings is 1. The molecule has 7 heteroatoms. The molecule has 1 aromatic carbocycles. The molecule has 5 nitrogen and oxygen atoms in total. The molecular weight excluding hydrogens is 429 g/mol. The molecule has 0 saturated carbocycles. The quantitative estimate of drug-likeness (QED) is 0.408. The van der Waals surface area contributed by atoms with Gasteiger partial charge >= 0.3 is 0 Å². The van der Waals surface area contributed by atoms with Crippen LogP contribution in [0.25, 0.3) is 11.3 Å². The van der Waals surface area contributed by atoms with E-state index in [-0.39, 0.29) is 0 Å². The standard InChI is InChI=1S/C22H23Cl2N5.C2H6/c23-16-4-1-3-15(11-16)13-26-21-6-2-5-20(29-21)18-12-22(27-14-19(18)24)28-17-7-9-25-10-8-17;1-2/h1-6,11-12,14,17,25H,7-10,13H2,(H,26,29)(H,27,28);1-2H3. The van der Waals surface area contributed by atoms with E-state index in [2.05, 4.69) is 20.9 Å². The first-order valence-electron chi connectivity index (χ1n) is 10.8. The van der Waals surface area contributed by atoms with Crippen molar-refractivity contribution in [3.63, 3.8) is 0 Å². The zero-order valence-corrected chi connectivity index (χ0v) is 19.5. The van der Waals surface area contributed by atoms with Gasteiger partial charge in [0.05, 0.1) is 10.7 Å². The first kappa shape index (κ1) is 23.3. The summed E-state index contributed by atoms with van der Waals surface area (Å²) in [5, 5.41) is 11.5. The predicted molar refractivity (Wildman–Crippen MR) is 132 cm³/mol. The summed E-state index contributed by atoms with van der Waals surface area (Å²) in [6.45, 7) is 6.70. The van der Waals surface area contributed by atoms with Gasteiger partial charge in [-0.05, 0) is 61.8 Å². The maximum absolute atomic E-state index is 6.44. The minimum Gasteiger partial charge on any atom is -0.367 e. The number of benzene rings is 1. The van der Waals surface area contributed by atoms with E-state index in [1.807, 2.05) is 62.4 Å². The molecule has 0 radical (unpaired) electrons. The molecule has 3 aromatic rings. The van der Waals surface area contributed by atoms with E-state index >= 15 is 0 Å². The summed E-state index contributed by atoms with van der Waals surface area (Å²) in [7, 11) is 0. The summed E-state index contributed by atoms with van der Waals surface area (Å²) in [5.41, 5.74) is 2.77. The molecule has 1 aliphatic heterocycles. The summed E-state index contributed by atoms with van der Waals surface area (Å²) >= 11 is 12.5. The van der Waals surface area contributed by atoms with Gasteiger partial charge in [-0.2, -0.15) is 0 Å². The molecule has 3 heterocycles. The lowest BCUT2D eigenvalue weighted by Gasteiger charge is -2.24. The van der Waals surface area contributed by atoms with Gasteiger partial charge in [0, 0.05) is 29.4 Å². The topological polar surface area (TPSA) is 61.9 Å². The fourth-order valence-corrected chi connectivity index (χ4v) is 3.83. The molecule has 0 bridgehead atoms. The van der Waals surface area contributed by atoms with Crippen molar-refractivity contribution in [2.24, 2.45) is 0 Å². The number of pyridine rings is 2. The molecule has 2 aromatic heterocycles. The van der Waals surface area contributed by atoms with Crippen LogP contribution in [-0.4, -0.2) is 29.1 Å². The maximum Gasteiger partial charge on any atom is 0.126 e. The number of nitrogens with one attached hydrogen (secondary N) is 3. The van der Waals surface area contributed by atoms with E-state index in [1.54, 1.807) is 6.20 Å². The number of hydrogen-bond donors (Lipinski definition) is 3. The van der Waals surface area contributed by atoms with Crippen LogP contribution in [0.15, 0.2) is 54.7 Å². The van der Waals surface area contributed by atoms with Crippen molar-refractivity contribution in [1.82, 2.24) is 15.3 Å². The van der Waals surface area contributed by atoms with Crippen LogP contribution in [0.3, 0.4) is 0 Å². The third-order valence-corrected chi connectivity index (χ3v) is 5.47. The Labute approximate surface area is 194 Å². The molecule has 1 fully saturated rings. The van der Waals surface area contributed by atoms with Crippen molar-refractivity contribution in [2.45, 2.75) is 39.3 Å². The van der Waals surface area contributed by atoms with Gasteiger partial charge in [-0.3, -0.25) is 0 Å². The first-order valence-corrected chi connectivity index (χ1v) is 11.5. The molecule has 0 amide bonds. The zero-order valence-electron chi connectivity index (χ0n) is 18.0. The maximum atomic E-state index is 6.44. The Balaban J connectivity index is 0.00000132. The van der Waals surface area contributed by atoms with E-state index < -0.39 is 0 Å². The highest BCUT2D eigenvalue weighted by atomic mass is 35.5. The molecule has 1 saturated heterocycles. The van der Waals surface area contributed by atoms with Crippen LogP contribution < -0.4 is 16.0 Å². The van der Waals surface area contributed by atoms with E-state index in [0.717, 1.165) is 59.4 Å². The van der Waals surface area contributed by atoms with Gasteiger partial charge < -0.3 is 16.0 Å². The van der Waals surface area contributed by atoms with Crippen LogP contribution >= 0.6 is 23.2 Å². The summed E-state index contributed by atoms with van der Waals surface area (Å²) < 4.78 is 0. The molecular formula is C24H29Cl2N5. The summed E-state index contributed by atoms with van der Waals surface area (Å²) in [5.74, 6) is 1.61. The van der Waals surface area contributed by atoms with E-state index in [0.29, 0.717) is 17.6 Å². The largest absolute Gasteiger partial charge is 0.367 e. The normalized spacial score (nSPS) is 13.8. The van der Waals surface area contributed by atoms with Crippen molar-refractivity contribution in [3.8, 4) is 11.3 Å². The Hall–Kier alpha value is -2.34. The zero-order chi connectivity index (χ0) is 22.1. The van der Waals surface area contributed by atoms with E-state index in [9.17, 15) is 0 Å². The molecule has 0 unspecified atom stereocenters. The van der Waals surface area contributed by atoms with Crippen molar-refractivity contribution >= 4 is 34.8 Å². The number of rotatable bonds is 6. The number of anilines is 2. The molecule has 164 valence electrons. The van der Waals surface area contributed by atoms with Crippen LogP contribution in [0, 0.1) is 0 Å². The lowest BCUT2D eigenvalue weighted by atomic mass is 10.1. The second kappa shape index (κ2) is 11.9. The minimum atomic E-state index is 0.427. The highest BCUT2D eigenvalue weighted by Crippen LogP contribution is 2.29. The average molecular weight is 458 g/mol. The van der Waals surface area contributed by atoms with Crippen LogP contribution in [-0.2, 0) is 6.54 Å². The Morgan fingerprint density at radius 3 is 2.55 bits per heavy atom. The highest BCUT2D eigenvalue weighted by Gasteiger charge is 2.15. The van der Waals surface area contributed by atoms with Gasteiger partial charge in [-0.15, -0.1) is 0 Å². The SMILES string of the molecule is CC.Clc1cccc(CNc2cccc(-c3cc(NC4CCNCC4)ncc3Cl)n2)c1. The lowest BCUT2D eigenvalue weighted by Crippen LogP contribution is -2.35. The summed E-state index contributed by atoms with van der Waals surface area (Å²) in [6, 6.07) is 16.1. The molecule has 3 N–H and O–H groups in total. The fourth-order valence-electron chi connectivity index (χ4n) is 3.41. The number of aromatic nitrogens is 2. The summed E-state index contributed by atoms with van der Waals surface area (Å²) in [4.78, 5) is 9.18. The second-order valence-corrected chi connectivity index (χ2v) is 7.95. The third kappa shape index (κ3) is 6.82. The van der Waals surface area contributed by atoms with Crippen LogP contribution in [0.2, 0.25) is 10.0 Å². The van der Waals surface area contributed by atoms with Crippen molar-refractivity contribution in [1.29, 1.82) is 0 Å². The molecule has 4 rings (SSSR count). The second-order valence-electron chi connectivity index (χ2n) is 7.11. The van der Waals surface area contributed by atoms with Crippen molar-refractivity contribution in [3.05, 3.63) is 70.3 Å². The molecule has 1 aliphatic rings. The van der Waals surface area contributed by atoms with Crippen LogP contribution in [0.4, 0.5) is 11.6 Å². The Morgan fingerprint density at radius 2 is 1.77 bits per heavy atom. The predicted octanol–water partition coefficient (Wildman–Crippen LogP) is 6.25. The van der Waals surface area contributed by atoms with E-state index in [4.69, 9.17) is 28.2 Å². The van der Waals surface area contributed by atoms with Gasteiger partial charge in [-0.25, -0.2) is 9.97 Å². The van der Waals surface area contributed by atoms with Crippen molar-refractivity contribution < 1.29 is 0 Å². The Bertz CT molecular complexity index is 974. The number of halogens is 2. The Morgan fingerprint density at radius 1 is 1.00 bits per heavy atom. The lowest BCUT2D eigenvalue weighted by molar-refractivity contribution is 0.478.